The third-order valence-electron chi connectivity index (χ3n) is 5.10. The molecule has 0 radical (unpaired) electrons. The zero-order valence-corrected chi connectivity index (χ0v) is 19.7. The van der Waals surface area contributed by atoms with E-state index in [9.17, 15) is 0 Å². The summed E-state index contributed by atoms with van der Waals surface area (Å²) in [6.07, 6.45) is 1.90. The molecule has 0 bridgehead atoms. The third-order valence-corrected chi connectivity index (χ3v) is 6.45. The second-order valence-electron chi connectivity index (χ2n) is 6.68. The molecule has 1 fully saturated rings. The highest BCUT2D eigenvalue weighted by molar-refractivity contribution is 14.0. The highest BCUT2D eigenvalue weighted by Gasteiger charge is 2.36. The van der Waals surface area contributed by atoms with Gasteiger partial charge in [-0.1, -0.05) is 29.8 Å². The van der Waals surface area contributed by atoms with Crippen LogP contribution in [0.15, 0.2) is 40.7 Å². The van der Waals surface area contributed by atoms with Crippen molar-refractivity contribution in [2.24, 2.45) is 4.99 Å². The third kappa shape index (κ3) is 5.59. The molecule has 27 heavy (non-hydrogen) atoms. The predicted molar refractivity (Wildman–Crippen MR) is 126 cm³/mol. The van der Waals surface area contributed by atoms with E-state index in [0.717, 1.165) is 50.1 Å². The molecule has 0 spiro atoms. The van der Waals surface area contributed by atoms with Crippen LogP contribution in [-0.2, 0) is 16.7 Å². The average Bonchev–Trinajstić information content (AvgIpc) is 3.08. The van der Waals surface area contributed by atoms with Crippen LogP contribution in [-0.4, -0.2) is 32.8 Å². The largest absolute Gasteiger partial charge is 0.381 e. The van der Waals surface area contributed by atoms with E-state index in [2.05, 4.69) is 46.1 Å². The van der Waals surface area contributed by atoms with E-state index >= 15 is 0 Å². The second-order valence-corrected chi connectivity index (χ2v) is 8.09. The molecule has 1 aliphatic heterocycles. The fourth-order valence-corrected chi connectivity index (χ4v) is 4.60. The Morgan fingerprint density at radius 2 is 1.96 bits per heavy atom. The van der Waals surface area contributed by atoms with Gasteiger partial charge in [0.15, 0.2) is 5.96 Å². The summed E-state index contributed by atoms with van der Waals surface area (Å²) in [5, 5.41) is 9.89. The maximum Gasteiger partial charge on any atom is 0.191 e. The summed E-state index contributed by atoms with van der Waals surface area (Å²) in [4.78, 5) is 5.72. The molecule has 1 aromatic heterocycles. The first-order valence-corrected chi connectivity index (χ1v) is 10.2. The van der Waals surface area contributed by atoms with Gasteiger partial charge in [-0.3, -0.25) is 4.99 Å². The fraction of sp³-hybridized carbons (Fsp3) is 0.450. The molecular formula is C20H27ClIN3OS. The van der Waals surface area contributed by atoms with Gasteiger partial charge < -0.3 is 15.4 Å². The number of nitrogens with one attached hydrogen (secondary N) is 2. The van der Waals surface area contributed by atoms with Crippen LogP contribution in [0.4, 0.5) is 0 Å². The van der Waals surface area contributed by atoms with E-state index in [1.807, 2.05) is 19.2 Å². The first kappa shape index (κ1) is 22.5. The lowest BCUT2D eigenvalue weighted by Crippen LogP contribution is -2.48. The number of aliphatic imine (C=N–C) groups is 1. The van der Waals surface area contributed by atoms with Gasteiger partial charge in [-0.05, 0) is 48.4 Å². The Balaban J connectivity index is 0.00000261. The maximum atomic E-state index is 6.53. The SMILES string of the molecule is CN=C(NCc1sccc1C)NCC1(c2ccccc2Cl)CCOCC1.I. The smallest absolute Gasteiger partial charge is 0.191 e. The molecule has 2 N–H and O–H groups in total. The number of ether oxygens (including phenoxy) is 1. The molecule has 0 aliphatic carbocycles. The van der Waals surface area contributed by atoms with Crippen LogP contribution in [0.2, 0.25) is 5.02 Å². The Labute approximate surface area is 187 Å². The van der Waals surface area contributed by atoms with Crippen molar-refractivity contribution in [3.05, 3.63) is 56.7 Å². The summed E-state index contributed by atoms with van der Waals surface area (Å²) in [5.74, 6) is 0.815. The molecule has 1 aromatic carbocycles. The normalized spacial score (nSPS) is 16.5. The lowest BCUT2D eigenvalue weighted by Gasteiger charge is -2.38. The topological polar surface area (TPSA) is 45.7 Å². The van der Waals surface area contributed by atoms with Crippen molar-refractivity contribution in [3.63, 3.8) is 0 Å². The number of hydrogen-bond acceptors (Lipinski definition) is 3. The van der Waals surface area contributed by atoms with Crippen molar-refractivity contribution < 1.29 is 4.74 Å². The number of halogens is 2. The number of guanidine groups is 1. The minimum Gasteiger partial charge on any atom is -0.381 e. The average molecular weight is 520 g/mol. The first-order chi connectivity index (χ1) is 12.6. The molecule has 2 heterocycles. The van der Waals surface area contributed by atoms with Gasteiger partial charge in [0.1, 0.15) is 0 Å². The Hall–Kier alpha value is -0.830. The second kappa shape index (κ2) is 10.6. The highest BCUT2D eigenvalue weighted by atomic mass is 127. The Kier molecular flexibility index (Phi) is 8.85. The van der Waals surface area contributed by atoms with Crippen LogP contribution < -0.4 is 10.6 Å². The zero-order chi connectivity index (χ0) is 18.4. The van der Waals surface area contributed by atoms with E-state index in [0.29, 0.717) is 0 Å². The zero-order valence-electron chi connectivity index (χ0n) is 15.8. The molecule has 7 heteroatoms. The van der Waals surface area contributed by atoms with Gasteiger partial charge in [-0.15, -0.1) is 35.3 Å². The van der Waals surface area contributed by atoms with Gasteiger partial charge in [-0.25, -0.2) is 0 Å². The van der Waals surface area contributed by atoms with Crippen molar-refractivity contribution in [3.8, 4) is 0 Å². The van der Waals surface area contributed by atoms with Crippen LogP contribution in [0.25, 0.3) is 0 Å². The van der Waals surface area contributed by atoms with Gasteiger partial charge >= 0.3 is 0 Å². The van der Waals surface area contributed by atoms with Crippen molar-refractivity contribution >= 4 is 52.9 Å². The molecule has 0 unspecified atom stereocenters. The summed E-state index contributed by atoms with van der Waals surface area (Å²) in [7, 11) is 1.81. The lowest BCUT2D eigenvalue weighted by atomic mass is 9.74. The Bertz CT molecular complexity index is 759. The molecule has 0 amide bonds. The van der Waals surface area contributed by atoms with Gasteiger partial charge in [0.2, 0.25) is 0 Å². The van der Waals surface area contributed by atoms with E-state index in [1.165, 1.54) is 16.0 Å². The Morgan fingerprint density at radius 3 is 2.59 bits per heavy atom. The van der Waals surface area contributed by atoms with Crippen molar-refractivity contribution in [1.82, 2.24) is 10.6 Å². The minimum atomic E-state index is -0.0347. The molecule has 0 saturated carbocycles. The van der Waals surface area contributed by atoms with Gasteiger partial charge in [0.05, 0.1) is 6.54 Å². The minimum absolute atomic E-state index is 0. The standard InChI is InChI=1S/C20H26ClN3OS.HI/c1-15-7-12-26-18(15)13-23-19(22-2)24-14-20(8-10-25-11-9-20)16-5-3-4-6-17(16)21;/h3-7,12H,8-11,13-14H2,1-2H3,(H2,22,23,24);1H. The Morgan fingerprint density at radius 1 is 1.22 bits per heavy atom. The molecular weight excluding hydrogens is 493 g/mol. The van der Waals surface area contributed by atoms with Crippen LogP contribution in [0.1, 0.15) is 28.8 Å². The van der Waals surface area contributed by atoms with Crippen LogP contribution in [0.5, 0.6) is 0 Å². The summed E-state index contributed by atoms with van der Waals surface area (Å²) < 4.78 is 5.61. The molecule has 1 saturated heterocycles. The molecule has 1 aliphatic rings. The lowest BCUT2D eigenvalue weighted by molar-refractivity contribution is 0.0514. The number of aryl methyl sites for hydroxylation is 1. The number of hydrogen-bond donors (Lipinski definition) is 2. The first-order valence-electron chi connectivity index (χ1n) is 8.95. The van der Waals surface area contributed by atoms with Crippen LogP contribution in [0.3, 0.4) is 0 Å². The van der Waals surface area contributed by atoms with E-state index in [4.69, 9.17) is 16.3 Å². The predicted octanol–water partition coefficient (Wildman–Crippen LogP) is 4.74. The van der Waals surface area contributed by atoms with Crippen LogP contribution >= 0.6 is 46.9 Å². The van der Waals surface area contributed by atoms with Crippen molar-refractivity contribution in [2.75, 3.05) is 26.8 Å². The van der Waals surface area contributed by atoms with Crippen molar-refractivity contribution in [2.45, 2.75) is 31.7 Å². The van der Waals surface area contributed by atoms with Crippen LogP contribution in [0, 0.1) is 6.92 Å². The van der Waals surface area contributed by atoms with Gasteiger partial charge in [0, 0.05) is 42.1 Å². The molecule has 3 rings (SSSR count). The van der Waals surface area contributed by atoms with E-state index in [-0.39, 0.29) is 29.4 Å². The molecule has 2 aromatic rings. The highest BCUT2D eigenvalue weighted by Crippen LogP contribution is 2.38. The maximum absolute atomic E-state index is 6.53. The molecule has 4 nitrogen and oxygen atoms in total. The van der Waals surface area contributed by atoms with Gasteiger partial charge in [-0.2, -0.15) is 0 Å². The fourth-order valence-electron chi connectivity index (χ4n) is 3.42. The number of rotatable bonds is 5. The molecule has 0 atom stereocenters. The molecule has 148 valence electrons. The summed E-state index contributed by atoms with van der Waals surface area (Å²) in [5.41, 5.74) is 2.48. The summed E-state index contributed by atoms with van der Waals surface area (Å²) >= 11 is 8.30. The van der Waals surface area contributed by atoms with E-state index < -0.39 is 0 Å². The monoisotopic (exact) mass is 519 g/mol. The van der Waals surface area contributed by atoms with Gasteiger partial charge in [0.25, 0.3) is 0 Å². The number of nitrogens with zero attached hydrogens (tertiary/aromatic N) is 1. The quantitative estimate of drug-likeness (QED) is 0.341. The number of benzene rings is 1. The van der Waals surface area contributed by atoms with E-state index in [1.54, 1.807) is 11.3 Å². The summed E-state index contributed by atoms with van der Waals surface area (Å²) in [6, 6.07) is 10.3. The number of thiophene rings is 1. The van der Waals surface area contributed by atoms with Crippen molar-refractivity contribution in [1.29, 1.82) is 0 Å². The summed E-state index contributed by atoms with van der Waals surface area (Å²) in [6.45, 7) is 5.22.